The number of rotatable bonds is 3. The van der Waals surface area contributed by atoms with E-state index in [0.29, 0.717) is 23.6 Å². The maximum absolute atomic E-state index is 14.0. The highest BCUT2D eigenvalue weighted by atomic mass is 35.5. The number of phenolic OH excluding ortho intramolecular Hbond substituents is 1. The Morgan fingerprint density at radius 2 is 1.86 bits per heavy atom. The molecule has 148 valence electrons. The number of fused-ring (bicyclic) bond motifs is 1. The van der Waals surface area contributed by atoms with Crippen LogP contribution in [0.1, 0.15) is 28.3 Å². The molecule has 0 aliphatic carbocycles. The summed E-state index contributed by atoms with van der Waals surface area (Å²) in [5.74, 6) is -0.505. The smallest absolute Gasteiger partial charge is 0.318 e. The third-order valence-electron chi connectivity index (χ3n) is 5.22. The van der Waals surface area contributed by atoms with Crippen molar-refractivity contribution in [3.63, 3.8) is 0 Å². The van der Waals surface area contributed by atoms with Gasteiger partial charge in [-0.3, -0.25) is 0 Å². The van der Waals surface area contributed by atoms with Crippen LogP contribution < -0.4 is 5.32 Å². The summed E-state index contributed by atoms with van der Waals surface area (Å²) in [6.07, 6.45) is 0.683. The lowest BCUT2D eigenvalue weighted by Crippen LogP contribution is -2.45. The molecule has 1 aliphatic rings. The largest absolute Gasteiger partial charge is 0.508 e. The summed E-state index contributed by atoms with van der Waals surface area (Å²) in [7, 11) is 0. The number of halogens is 2. The number of aromatic hydroxyl groups is 1. The van der Waals surface area contributed by atoms with Gasteiger partial charge in [0.15, 0.2) is 0 Å². The first-order valence-corrected chi connectivity index (χ1v) is 9.76. The maximum Gasteiger partial charge on any atom is 0.318 e. The monoisotopic (exact) mass is 410 g/mol. The Bertz CT molecular complexity index is 1060. The van der Waals surface area contributed by atoms with Gasteiger partial charge in [0.25, 0.3) is 0 Å². The highest BCUT2D eigenvalue weighted by molar-refractivity contribution is 6.31. The lowest BCUT2D eigenvalue weighted by Gasteiger charge is -2.38. The Balaban J connectivity index is 1.67. The molecule has 0 bridgehead atoms. The molecule has 1 atom stereocenters. The summed E-state index contributed by atoms with van der Waals surface area (Å²) >= 11 is 6.18. The van der Waals surface area contributed by atoms with Gasteiger partial charge in [0, 0.05) is 23.7 Å². The zero-order valence-corrected chi connectivity index (χ0v) is 16.4. The molecule has 0 aromatic heterocycles. The van der Waals surface area contributed by atoms with E-state index in [1.807, 2.05) is 42.5 Å². The molecule has 2 amide bonds. The Kier molecular flexibility index (Phi) is 5.41. The molecular weight excluding hydrogens is 391 g/mol. The summed E-state index contributed by atoms with van der Waals surface area (Å²) < 4.78 is 14.0. The van der Waals surface area contributed by atoms with E-state index in [4.69, 9.17) is 11.6 Å². The number of amides is 2. The zero-order chi connectivity index (χ0) is 20.4. The van der Waals surface area contributed by atoms with E-state index in [9.17, 15) is 14.3 Å². The van der Waals surface area contributed by atoms with Crippen molar-refractivity contribution in [2.45, 2.75) is 19.0 Å². The fourth-order valence-electron chi connectivity index (χ4n) is 3.78. The molecule has 4 nitrogen and oxygen atoms in total. The van der Waals surface area contributed by atoms with Gasteiger partial charge in [0.2, 0.25) is 0 Å². The highest BCUT2D eigenvalue weighted by Gasteiger charge is 2.33. The Morgan fingerprint density at radius 1 is 1.10 bits per heavy atom. The number of nitrogens with one attached hydrogen (secondary N) is 1. The van der Waals surface area contributed by atoms with Crippen LogP contribution in [0.25, 0.3) is 0 Å². The van der Waals surface area contributed by atoms with E-state index >= 15 is 0 Å². The lowest BCUT2D eigenvalue weighted by molar-refractivity contribution is 0.178. The topological polar surface area (TPSA) is 52.6 Å². The van der Waals surface area contributed by atoms with E-state index in [1.165, 1.54) is 18.2 Å². The van der Waals surface area contributed by atoms with Crippen LogP contribution in [0, 0.1) is 5.82 Å². The molecule has 0 saturated heterocycles. The summed E-state index contributed by atoms with van der Waals surface area (Å²) in [5.41, 5.74) is 3.14. The predicted octanol–water partition coefficient (Wildman–Crippen LogP) is 5.04. The fourth-order valence-corrected chi connectivity index (χ4v) is 3.98. The maximum atomic E-state index is 14.0. The molecule has 0 saturated carbocycles. The van der Waals surface area contributed by atoms with Crippen LogP contribution in [0.2, 0.25) is 5.02 Å². The molecule has 29 heavy (non-hydrogen) atoms. The summed E-state index contributed by atoms with van der Waals surface area (Å²) in [4.78, 5) is 14.7. The normalized spacial score (nSPS) is 15.7. The number of carbonyl (C=O) groups is 1. The van der Waals surface area contributed by atoms with E-state index < -0.39 is 11.9 Å². The molecule has 1 unspecified atom stereocenters. The molecule has 3 aromatic carbocycles. The second-order valence-corrected chi connectivity index (χ2v) is 7.41. The van der Waals surface area contributed by atoms with Crippen molar-refractivity contribution in [2.24, 2.45) is 0 Å². The van der Waals surface area contributed by atoms with E-state index in [0.717, 1.165) is 16.7 Å². The minimum absolute atomic E-state index is 0.0444. The van der Waals surface area contributed by atoms with Gasteiger partial charge in [0.05, 0.1) is 6.04 Å². The van der Waals surface area contributed by atoms with Crippen LogP contribution in [-0.2, 0) is 13.0 Å². The van der Waals surface area contributed by atoms with Crippen LogP contribution >= 0.6 is 11.6 Å². The van der Waals surface area contributed by atoms with E-state index in [-0.39, 0.29) is 18.3 Å². The van der Waals surface area contributed by atoms with Crippen LogP contribution in [0.5, 0.6) is 5.75 Å². The number of phenols is 1. The van der Waals surface area contributed by atoms with Crippen molar-refractivity contribution in [3.8, 4) is 5.75 Å². The van der Waals surface area contributed by atoms with Gasteiger partial charge in [-0.1, -0.05) is 54.1 Å². The van der Waals surface area contributed by atoms with Gasteiger partial charge >= 0.3 is 6.03 Å². The van der Waals surface area contributed by atoms with Gasteiger partial charge in [-0.2, -0.15) is 0 Å². The summed E-state index contributed by atoms with van der Waals surface area (Å²) in [6, 6.07) is 18.0. The first-order valence-electron chi connectivity index (χ1n) is 9.38. The zero-order valence-electron chi connectivity index (χ0n) is 15.6. The lowest BCUT2D eigenvalue weighted by atomic mass is 9.88. The first-order chi connectivity index (χ1) is 14.0. The molecule has 1 aliphatic heterocycles. The third-order valence-corrected chi connectivity index (χ3v) is 5.59. The number of urea groups is 1. The van der Waals surface area contributed by atoms with Crippen molar-refractivity contribution in [1.29, 1.82) is 0 Å². The van der Waals surface area contributed by atoms with Crippen molar-refractivity contribution < 1.29 is 14.3 Å². The number of benzene rings is 3. The van der Waals surface area contributed by atoms with E-state index in [2.05, 4.69) is 5.32 Å². The van der Waals surface area contributed by atoms with Crippen molar-refractivity contribution in [2.75, 3.05) is 6.54 Å². The van der Waals surface area contributed by atoms with Crippen LogP contribution in [0.3, 0.4) is 0 Å². The Labute approximate surface area is 173 Å². The molecule has 2 N–H and O–H groups in total. The van der Waals surface area contributed by atoms with Gasteiger partial charge < -0.3 is 15.3 Å². The molecular formula is C23H20ClFN2O2. The average molecular weight is 411 g/mol. The van der Waals surface area contributed by atoms with Crippen molar-refractivity contribution in [1.82, 2.24) is 10.2 Å². The van der Waals surface area contributed by atoms with Crippen LogP contribution in [-0.4, -0.2) is 22.6 Å². The van der Waals surface area contributed by atoms with Crippen LogP contribution in [0.4, 0.5) is 9.18 Å². The molecule has 1 heterocycles. The van der Waals surface area contributed by atoms with Crippen molar-refractivity contribution in [3.05, 3.63) is 99.8 Å². The summed E-state index contributed by atoms with van der Waals surface area (Å²) in [5, 5.41) is 13.9. The SMILES string of the molecule is O=C(NCc1ccccc1Cl)N1CCc2ccccc2C1c1cc(F)ccc1O. The van der Waals surface area contributed by atoms with Gasteiger partial charge in [-0.15, -0.1) is 0 Å². The molecule has 0 spiro atoms. The van der Waals surface area contributed by atoms with Gasteiger partial charge in [-0.25, -0.2) is 9.18 Å². The fraction of sp³-hybridized carbons (Fsp3) is 0.174. The number of carbonyl (C=O) groups excluding carboxylic acids is 1. The molecule has 0 fully saturated rings. The first kappa shape index (κ1) is 19.3. The summed E-state index contributed by atoms with van der Waals surface area (Å²) in [6.45, 7) is 0.727. The van der Waals surface area contributed by atoms with Crippen molar-refractivity contribution >= 4 is 17.6 Å². The minimum atomic E-state index is -0.582. The van der Waals surface area contributed by atoms with Crippen LogP contribution in [0.15, 0.2) is 66.7 Å². The second kappa shape index (κ2) is 8.13. The number of nitrogens with zero attached hydrogens (tertiary/aromatic N) is 1. The predicted molar refractivity (Wildman–Crippen MR) is 110 cm³/mol. The molecule has 6 heteroatoms. The quantitative estimate of drug-likeness (QED) is 0.635. The number of hydrogen-bond donors (Lipinski definition) is 2. The standard InChI is InChI=1S/C23H20ClFN2O2/c24-20-8-4-2-6-16(20)14-26-23(29)27-12-11-15-5-1-3-7-18(15)22(27)19-13-17(25)9-10-21(19)28/h1-10,13,22,28H,11-12,14H2,(H,26,29). The highest BCUT2D eigenvalue weighted by Crippen LogP contribution is 2.39. The Hall–Kier alpha value is -3.05. The Morgan fingerprint density at radius 3 is 2.69 bits per heavy atom. The molecule has 3 aromatic rings. The molecule has 4 rings (SSSR count). The number of hydrogen-bond acceptors (Lipinski definition) is 2. The van der Waals surface area contributed by atoms with Gasteiger partial charge in [0.1, 0.15) is 11.6 Å². The van der Waals surface area contributed by atoms with Gasteiger partial charge in [-0.05, 0) is 47.4 Å². The van der Waals surface area contributed by atoms with E-state index in [1.54, 1.807) is 11.0 Å². The minimum Gasteiger partial charge on any atom is -0.508 e. The molecule has 0 radical (unpaired) electrons. The average Bonchev–Trinajstić information content (AvgIpc) is 2.74. The second-order valence-electron chi connectivity index (χ2n) is 7.00. The third kappa shape index (κ3) is 3.91.